The Balaban J connectivity index is 1.54. The molecule has 1 atom stereocenters. The zero-order valence-corrected chi connectivity index (χ0v) is 16.4. The number of nitrogens with one attached hydrogen (secondary N) is 2. The summed E-state index contributed by atoms with van der Waals surface area (Å²) in [7, 11) is 0. The first-order chi connectivity index (χ1) is 13.5. The van der Waals surface area contributed by atoms with Crippen LogP contribution in [0.4, 0.5) is 9.18 Å². The Bertz CT molecular complexity index is 687. The van der Waals surface area contributed by atoms with E-state index in [1.54, 1.807) is 6.07 Å². The van der Waals surface area contributed by atoms with Crippen molar-refractivity contribution in [3.05, 3.63) is 35.6 Å². The zero-order chi connectivity index (χ0) is 20.1. The predicted octanol–water partition coefficient (Wildman–Crippen LogP) is 3.29. The van der Waals surface area contributed by atoms with Gasteiger partial charge in [0.25, 0.3) is 0 Å². The molecule has 0 aliphatic heterocycles. The second-order valence-electron chi connectivity index (χ2n) is 7.97. The van der Waals surface area contributed by atoms with E-state index in [4.69, 9.17) is 5.11 Å². The van der Waals surface area contributed by atoms with E-state index >= 15 is 0 Å². The number of nitrogens with zero attached hydrogens (tertiary/aromatic N) is 1. The van der Waals surface area contributed by atoms with Crippen molar-refractivity contribution in [1.82, 2.24) is 15.5 Å². The van der Waals surface area contributed by atoms with E-state index < -0.39 is 5.97 Å². The Labute approximate surface area is 165 Å². The molecule has 3 rings (SSSR count). The van der Waals surface area contributed by atoms with Crippen molar-refractivity contribution in [3.63, 3.8) is 0 Å². The van der Waals surface area contributed by atoms with E-state index in [0.29, 0.717) is 12.5 Å². The van der Waals surface area contributed by atoms with Gasteiger partial charge in [0.1, 0.15) is 5.82 Å². The number of amides is 2. The molecule has 2 aliphatic carbocycles. The summed E-state index contributed by atoms with van der Waals surface area (Å²) in [6.45, 7) is 2.66. The molecule has 2 fully saturated rings. The van der Waals surface area contributed by atoms with Gasteiger partial charge in [0.05, 0.1) is 12.6 Å². The lowest BCUT2D eigenvalue weighted by Crippen LogP contribution is -2.56. The molecule has 0 aromatic heterocycles. The summed E-state index contributed by atoms with van der Waals surface area (Å²) in [4.78, 5) is 25.4. The van der Waals surface area contributed by atoms with Gasteiger partial charge in [-0.3, -0.25) is 9.69 Å². The normalized spacial score (nSPS) is 23.2. The largest absolute Gasteiger partial charge is 0.480 e. The Hall–Kier alpha value is -2.15. The number of carboxylic acids is 1. The van der Waals surface area contributed by atoms with Crippen LogP contribution in [0.5, 0.6) is 0 Å². The van der Waals surface area contributed by atoms with Crippen LogP contribution < -0.4 is 10.6 Å². The van der Waals surface area contributed by atoms with Crippen LogP contribution in [-0.4, -0.2) is 47.2 Å². The number of urea groups is 1. The number of hydrogen-bond donors (Lipinski definition) is 3. The van der Waals surface area contributed by atoms with Crippen LogP contribution in [0.25, 0.3) is 0 Å². The molecule has 0 saturated heterocycles. The Kier molecular flexibility index (Phi) is 6.88. The van der Waals surface area contributed by atoms with Gasteiger partial charge >= 0.3 is 12.0 Å². The van der Waals surface area contributed by atoms with E-state index in [1.807, 2.05) is 17.9 Å². The number of carboxylic acid groups (broad SMARTS) is 1. The van der Waals surface area contributed by atoms with Crippen molar-refractivity contribution >= 4 is 12.0 Å². The number of hydrogen-bond acceptors (Lipinski definition) is 3. The van der Waals surface area contributed by atoms with Crippen LogP contribution in [0, 0.1) is 11.7 Å². The van der Waals surface area contributed by atoms with Crippen molar-refractivity contribution in [3.8, 4) is 0 Å². The maximum absolute atomic E-state index is 13.7. The molecule has 2 saturated carbocycles. The molecular weight excluding hydrogens is 361 g/mol. The second-order valence-corrected chi connectivity index (χ2v) is 7.97. The molecule has 3 N–H and O–H groups in total. The molecule has 154 valence electrons. The van der Waals surface area contributed by atoms with Gasteiger partial charge in [-0.2, -0.15) is 0 Å². The van der Waals surface area contributed by atoms with Gasteiger partial charge < -0.3 is 15.7 Å². The minimum absolute atomic E-state index is 0.0312. The van der Waals surface area contributed by atoms with Crippen LogP contribution in [0.3, 0.4) is 0 Å². The van der Waals surface area contributed by atoms with Crippen molar-refractivity contribution in [2.45, 2.75) is 63.6 Å². The molecule has 0 radical (unpaired) electrons. The summed E-state index contributed by atoms with van der Waals surface area (Å²) in [6, 6.07) is 6.30. The summed E-state index contributed by atoms with van der Waals surface area (Å²) in [5.74, 6) is -0.791. The van der Waals surface area contributed by atoms with Gasteiger partial charge in [-0.05, 0) is 55.8 Å². The lowest BCUT2D eigenvalue weighted by atomic mass is 9.85. The van der Waals surface area contributed by atoms with Crippen molar-refractivity contribution in [2.24, 2.45) is 5.92 Å². The summed E-state index contributed by atoms with van der Waals surface area (Å²) in [5.41, 5.74) is 0.812. The van der Waals surface area contributed by atoms with Crippen LogP contribution in [0.2, 0.25) is 0 Å². The quantitative estimate of drug-likeness (QED) is 0.635. The molecule has 28 heavy (non-hydrogen) atoms. The maximum atomic E-state index is 13.7. The molecule has 7 heteroatoms. The molecule has 1 unspecified atom stereocenters. The van der Waals surface area contributed by atoms with Gasteiger partial charge in [-0.25, -0.2) is 9.18 Å². The number of likely N-dealkylation sites (N-methyl/N-ethyl adjacent to an activating group) is 1. The van der Waals surface area contributed by atoms with E-state index in [-0.39, 0.29) is 36.5 Å². The maximum Gasteiger partial charge on any atom is 0.317 e. The summed E-state index contributed by atoms with van der Waals surface area (Å²) < 4.78 is 13.7. The molecule has 2 aliphatic rings. The summed E-state index contributed by atoms with van der Waals surface area (Å²) >= 11 is 0. The van der Waals surface area contributed by atoms with Crippen LogP contribution in [0.1, 0.15) is 57.1 Å². The lowest BCUT2D eigenvalue weighted by molar-refractivity contribution is -0.139. The smallest absolute Gasteiger partial charge is 0.317 e. The minimum atomic E-state index is -0.828. The van der Waals surface area contributed by atoms with E-state index in [9.17, 15) is 14.0 Å². The monoisotopic (exact) mass is 391 g/mol. The second kappa shape index (κ2) is 9.37. The fraction of sp³-hybridized carbons (Fsp3) is 0.619. The number of halogens is 1. The van der Waals surface area contributed by atoms with Crippen LogP contribution >= 0.6 is 0 Å². The average Bonchev–Trinajstić information content (AvgIpc) is 3.15. The highest BCUT2D eigenvalue weighted by molar-refractivity contribution is 5.75. The van der Waals surface area contributed by atoms with Crippen LogP contribution in [0.15, 0.2) is 24.3 Å². The predicted molar refractivity (Wildman–Crippen MR) is 104 cm³/mol. The van der Waals surface area contributed by atoms with Gasteiger partial charge in [0.15, 0.2) is 0 Å². The van der Waals surface area contributed by atoms with Crippen LogP contribution in [-0.2, 0) is 4.79 Å². The average molecular weight is 391 g/mol. The number of aliphatic carboxylic acids is 1. The first-order valence-electron chi connectivity index (χ1n) is 10.2. The Morgan fingerprint density at radius 2 is 2.00 bits per heavy atom. The molecule has 1 aromatic rings. The third-order valence-corrected chi connectivity index (χ3v) is 6.07. The third kappa shape index (κ3) is 5.22. The van der Waals surface area contributed by atoms with E-state index in [0.717, 1.165) is 44.1 Å². The Morgan fingerprint density at radius 3 is 2.61 bits per heavy atom. The van der Waals surface area contributed by atoms with Crippen molar-refractivity contribution < 1.29 is 19.1 Å². The third-order valence-electron chi connectivity index (χ3n) is 6.07. The molecule has 1 aromatic carbocycles. The van der Waals surface area contributed by atoms with Gasteiger partial charge in [0, 0.05) is 12.1 Å². The minimum Gasteiger partial charge on any atom is -0.480 e. The highest BCUT2D eigenvalue weighted by Gasteiger charge is 2.35. The number of benzene rings is 1. The first-order valence-corrected chi connectivity index (χ1v) is 10.2. The molecule has 2 amide bonds. The van der Waals surface area contributed by atoms with Gasteiger partial charge in [-0.1, -0.05) is 31.9 Å². The van der Waals surface area contributed by atoms with Gasteiger partial charge in [-0.15, -0.1) is 0 Å². The fourth-order valence-corrected chi connectivity index (χ4v) is 4.51. The number of rotatable bonds is 8. The molecule has 0 heterocycles. The standard InChI is InChI=1S/C21H30FN3O3/c1-2-25(13-19(26)27)18-11-17(12-18)23-21(28)24-20(14-6-3-4-7-14)15-8-5-9-16(22)10-15/h5,8-10,14,17-18,20H,2-4,6-7,11-13H2,1H3,(H,26,27)(H2,23,24,28). The number of carbonyl (C=O) groups excluding carboxylic acids is 1. The van der Waals surface area contributed by atoms with Crippen molar-refractivity contribution in [1.29, 1.82) is 0 Å². The summed E-state index contributed by atoms with van der Waals surface area (Å²) in [5, 5.41) is 15.0. The topological polar surface area (TPSA) is 81.7 Å². The molecule has 6 nitrogen and oxygen atoms in total. The molecule has 0 spiro atoms. The first kappa shape index (κ1) is 20.6. The lowest BCUT2D eigenvalue weighted by Gasteiger charge is -2.42. The molecular formula is C21H30FN3O3. The SMILES string of the molecule is CCN(CC(=O)O)C1CC(NC(=O)NC(c2cccc(F)c2)C2CCCC2)C1. The highest BCUT2D eigenvalue weighted by Crippen LogP contribution is 2.36. The summed E-state index contributed by atoms with van der Waals surface area (Å²) in [6.07, 6.45) is 5.85. The van der Waals surface area contributed by atoms with E-state index in [2.05, 4.69) is 10.6 Å². The van der Waals surface area contributed by atoms with Gasteiger partial charge in [0.2, 0.25) is 0 Å². The van der Waals surface area contributed by atoms with Crippen molar-refractivity contribution in [2.75, 3.05) is 13.1 Å². The van der Waals surface area contributed by atoms with E-state index in [1.165, 1.54) is 12.1 Å². The highest BCUT2D eigenvalue weighted by atomic mass is 19.1. The fourth-order valence-electron chi connectivity index (χ4n) is 4.51. The number of carbonyl (C=O) groups is 2. The Morgan fingerprint density at radius 1 is 1.29 bits per heavy atom. The zero-order valence-electron chi connectivity index (χ0n) is 16.4. The molecule has 0 bridgehead atoms.